The molecule has 482 valence electrons. The highest BCUT2D eigenvalue weighted by Gasteiger charge is 2.70. The third-order valence-electron chi connectivity index (χ3n) is 21.9. The number of hydrogen-bond acceptors (Lipinski definition) is 28. The molecule has 7 aliphatic heterocycles. The first-order valence-electron chi connectivity index (χ1n) is 30.0. The van der Waals surface area contributed by atoms with Gasteiger partial charge in [0.1, 0.15) is 116 Å². The molecule has 28 nitrogen and oxygen atoms in total. The van der Waals surface area contributed by atoms with Crippen LogP contribution in [0.25, 0.3) is 0 Å². The Morgan fingerprint density at radius 1 is 0.512 bits per heavy atom. The monoisotopic (exact) mass is 1210 g/mol. The van der Waals surface area contributed by atoms with Crippen LogP contribution in [-0.2, 0) is 56.8 Å². The summed E-state index contributed by atoms with van der Waals surface area (Å²) in [5.74, 6) is 1.40. The molecule has 0 aromatic heterocycles. The highest BCUT2D eigenvalue weighted by Crippen LogP contribution is 2.71. The van der Waals surface area contributed by atoms with E-state index in [2.05, 4.69) is 27.4 Å². The van der Waals surface area contributed by atoms with Gasteiger partial charge >= 0.3 is 0 Å². The Morgan fingerprint density at radius 2 is 1.08 bits per heavy atom. The minimum absolute atomic E-state index is 0.0782. The van der Waals surface area contributed by atoms with Gasteiger partial charge in [-0.05, 0) is 91.8 Å². The average Bonchev–Trinajstić information content (AvgIpc) is 1.56. The van der Waals surface area contributed by atoms with Crippen LogP contribution in [0.4, 0.5) is 0 Å². The Morgan fingerprint density at radius 3 is 1.75 bits per heavy atom. The molecule has 36 atom stereocenters. The second kappa shape index (κ2) is 25.0. The number of aliphatic hydroxyl groups is 16. The summed E-state index contributed by atoms with van der Waals surface area (Å²) in [7, 11) is 0. The first kappa shape index (κ1) is 64.2. The normalized spacial score (nSPS) is 56.8. The first-order chi connectivity index (χ1) is 39.9. The van der Waals surface area contributed by atoms with E-state index >= 15 is 0 Å². The van der Waals surface area contributed by atoms with Crippen molar-refractivity contribution in [2.45, 2.75) is 250 Å². The van der Waals surface area contributed by atoms with E-state index in [-0.39, 0.29) is 28.8 Å². The molecule has 7 heterocycles. The molecule has 1 spiro atoms. The van der Waals surface area contributed by atoms with Gasteiger partial charge in [-0.15, -0.1) is 0 Å². The topological polar surface area (TPSA) is 434 Å². The lowest BCUT2D eigenvalue weighted by molar-refractivity contribution is -0.410. The SMILES string of the molecule is C=C1CC[C@@]2(OC1)OC1C[C@H]3[C@@H]4CC[C@H]5C[C@@H](O[C@@H]6O[C@H](CO)[C@H](O[C@@H]7O[C@H](CO)[C@@H](O)[C@H](O[C@@H]8OC[C@@H](O)[C@H](O)[C@H]8O)[C@H]7O[C@@H]7O[C@H](CO)[C@@H](O)[C@@H](O[C@@H]8O[C@H](CO)[C@@H](O)[C@H](O)[C@H]8O)[C@H]7O)[C@H](O)[C@H]6O)[C@H](O)C[C@]5(C)[C@H]4CC[C@]3(C)C1C2C. The highest BCUT2D eigenvalue weighted by molar-refractivity contribution is 5.17. The zero-order valence-corrected chi connectivity index (χ0v) is 47.4. The maximum Gasteiger partial charge on any atom is 0.187 e. The van der Waals surface area contributed by atoms with Crippen molar-refractivity contribution < 1.29 is 139 Å². The smallest absolute Gasteiger partial charge is 0.187 e. The van der Waals surface area contributed by atoms with Crippen molar-refractivity contribution in [2.75, 3.05) is 39.6 Å². The number of rotatable bonds is 14. The molecule has 4 saturated carbocycles. The summed E-state index contributed by atoms with van der Waals surface area (Å²) in [5.41, 5.74) is 0.936. The predicted octanol–water partition coefficient (Wildman–Crippen LogP) is -5.56. The predicted molar refractivity (Wildman–Crippen MR) is 276 cm³/mol. The summed E-state index contributed by atoms with van der Waals surface area (Å²) in [5, 5.41) is 176. The minimum Gasteiger partial charge on any atom is -0.394 e. The van der Waals surface area contributed by atoms with Crippen molar-refractivity contribution in [2.24, 2.45) is 46.3 Å². The van der Waals surface area contributed by atoms with Crippen LogP contribution in [0, 0.1) is 46.3 Å². The molecule has 7 saturated heterocycles. The van der Waals surface area contributed by atoms with E-state index in [1.54, 1.807) is 0 Å². The Bertz CT molecular complexity index is 2230. The molecule has 0 radical (unpaired) electrons. The molecular formula is C56H90O28. The lowest BCUT2D eigenvalue weighted by atomic mass is 9.44. The van der Waals surface area contributed by atoms with Crippen LogP contribution in [0.15, 0.2) is 12.2 Å². The summed E-state index contributed by atoms with van der Waals surface area (Å²) < 4.78 is 72.9. The van der Waals surface area contributed by atoms with Crippen LogP contribution in [0.3, 0.4) is 0 Å². The zero-order valence-electron chi connectivity index (χ0n) is 47.4. The lowest BCUT2D eigenvalue weighted by Gasteiger charge is -2.62. The van der Waals surface area contributed by atoms with Crippen LogP contribution in [0.5, 0.6) is 0 Å². The molecule has 11 fully saturated rings. The van der Waals surface area contributed by atoms with Gasteiger partial charge in [0, 0.05) is 12.3 Å². The fourth-order valence-electron chi connectivity index (χ4n) is 17.2. The maximum atomic E-state index is 12.1. The molecule has 11 rings (SSSR count). The van der Waals surface area contributed by atoms with E-state index in [1.165, 1.54) is 0 Å². The standard InChI is InChI=1S/C56H90O28/c1-20-7-10-56(74-18-20)21(2)34-29(84-56)12-25-23-6-5-22-11-28(26(61)13-55(22,4)24(23)8-9-54(25,34)3)75-50-43(71)40(68)45(33(17-60)79-50)80-53-48(47(38(66)32(16-59)78-53)82-49-41(69)35(63)27(62)19-73-49)83-52-44(72)46(37(65)31(15-58)77-52)81-51-42(70)39(67)36(64)30(14-57)76-51/h21-53,57-72H,1,5-19H2,2-4H3/t21?,22-,23+,24-,25-,26+,27+,28+,29?,30+,31+,32+,33+,34?,35-,36+,37+,38+,39-,40+,41+,42+,43+,44+,45-,46+,47-,48+,49-,50+,51-,52-,53-,54-,55-,56+/m0/s1. The third-order valence-corrected chi connectivity index (χ3v) is 21.9. The third kappa shape index (κ3) is 11.1. The van der Waals surface area contributed by atoms with Gasteiger partial charge in [-0.1, -0.05) is 32.9 Å². The van der Waals surface area contributed by atoms with E-state index in [0.29, 0.717) is 43.1 Å². The van der Waals surface area contributed by atoms with E-state index in [1.807, 2.05) is 0 Å². The molecule has 0 aromatic carbocycles. The zero-order chi connectivity index (χ0) is 60.2. The second-order valence-corrected chi connectivity index (χ2v) is 26.4. The summed E-state index contributed by atoms with van der Waals surface area (Å²) in [6.45, 7) is 7.39. The van der Waals surface area contributed by atoms with Gasteiger partial charge < -0.3 is 139 Å². The van der Waals surface area contributed by atoms with E-state index in [4.69, 9.17) is 56.8 Å². The van der Waals surface area contributed by atoms with Gasteiger partial charge in [-0.2, -0.15) is 0 Å². The van der Waals surface area contributed by atoms with Gasteiger partial charge in [0.15, 0.2) is 37.2 Å². The summed E-state index contributed by atoms with van der Waals surface area (Å²) >= 11 is 0. The van der Waals surface area contributed by atoms with E-state index in [0.717, 1.165) is 50.5 Å². The molecule has 0 aromatic rings. The molecule has 3 unspecified atom stereocenters. The van der Waals surface area contributed by atoms with Crippen molar-refractivity contribution in [1.82, 2.24) is 0 Å². The number of ether oxygens (including phenoxy) is 12. The Kier molecular flexibility index (Phi) is 19.1. The number of hydrogen-bond donors (Lipinski definition) is 16. The quantitative estimate of drug-likeness (QED) is 0.0570. The fourth-order valence-corrected chi connectivity index (χ4v) is 17.2. The minimum atomic E-state index is -2.20. The van der Waals surface area contributed by atoms with Crippen LogP contribution < -0.4 is 0 Å². The second-order valence-electron chi connectivity index (χ2n) is 26.4. The van der Waals surface area contributed by atoms with Gasteiger partial charge in [0.2, 0.25) is 0 Å². The summed E-state index contributed by atoms with van der Waals surface area (Å²) in [6, 6.07) is 0. The van der Waals surface area contributed by atoms with Crippen molar-refractivity contribution in [3.63, 3.8) is 0 Å². The molecule has 4 aliphatic carbocycles. The van der Waals surface area contributed by atoms with Gasteiger partial charge in [-0.25, -0.2) is 0 Å². The van der Waals surface area contributed by atoms with Crippen molar-refractivity contribution >= 4 is 0 Å². The lowest BCUT2D eigenvalue weighted by Crippen LogP contribution is -2.69. The molecule has 84 heavy (non-hydrogen) atoms. The molecule has 28 heteroatoms. The van der Waals surface area contributed by atoms with Crippen LogP contribution in [0.2, 0.25) is 0 Å². The maximum absolute atomic E-state index is 12.1. The summed E-state index contributed by atoms with van der Waals surface area (Å²) in [6.07, 6.45) is -39.4. The molecule has 11 aliphatic rings. The largest absolute Gasteiger partial charge is 0.394 e. The average molecular weight is 1210 g/mol. The van der Waals surface area contributed by atoms with Crippen LogP contribution in [-0.4, -0.2) is 293 Å². The summed E-state index contributed by atoms with van der Waals surface area (Å²) in [4.78, 5) is 0. The van der Waals surface area contributed by atoms with Crippen LogP contribution >= 0.6 is 0 Å². The molecular weight excluding hydrogens is 1120 g/mol. The Balaban J connectivity index is 0.793. The molecule has 16 N–H and O–H groups in total. The van der Waals surface area contributed by atoms with Gasteiger partial charge in [0.25, 0.3) is 0 Å². The Labute approximate surface area is 485 Å². The Hall–Kier alpha value is -1.38. The van der Waals surface area contributed by atoms with Crippen molar-refractivity contribution in [3.05, 3.63) is 12.2 Å². The highest BCUT2D eigenvalue weighted by atomic mass is 16.8. The van der Waals surface area contributed by atoms with Gasteiger partial charge in [0.05, 0.1) is 58.0 Å². The van der Waals surface area contributed by atoms with Gasteiger partial charge in [-0.3, -0.25) is 0 Å². The number of fused-ring (bicyclic) bond motifs is 7. The first-order valence-corrected chi connectivity index (χ1v) is 30.0. The van der Waals surface area contributed by atoms with Crippen molar-refractivity contribution in [1.29, 1.82) is 0 Å². The van der Waals surface area contributed by atoms with E-state index in [9.17, 15) is 81.7 Å². The van der Waals surface area contributed by atoms with Crippen molar-refractivity contribution in [3.8, 4) is 0 Å². The van der Waals surface area contributed by atoms with Crippen LogP contribution in [0.1, 0.15) is 78.6 Å². The molecule has 0 amide bonds. The fraction of sp³-hybridized carbons (Fsp3) is 0.964. The van der Waals surface area contributed by atoms with E-state index < -0.39 is 198 Å². The number of aliphatic hydroxyl groups excluding tert-OH is 16. The molecule has 0 bridgehead atoms.